The molecule has 5 rings (SSSR count). The fraction of sp³-hybridized carbons (Fsp3) is 0.292. The summed E-state index contributed by atoms with van der Waals surface area (Å²) in [6, 6.07) is 11.7. The number of benzene rings is 2. The van der Waals surface area contributed by atoms with E-state index in [-0.39, 0.29) is 5.91 Å². The topological polar surface area (TPSA) is 108 Å². The SMILES string of the molecule is COc1cc(C)ccc1C(=O)Nc1cn[nH]c1-c1nc2ccc(CN3CCOCC3)cc2[nH]1. The predicted molar refractivity (Wildman–Crippen MR) is 125 cm³/mol. The van der Waals surface area contributed by atoms with E-state index >= 15 is 0 Å². The molecule has 0 spiro atoms. The third-order valence-electron chi connectivity index (χ3n) is 5.78. The lowest BCUT2D eigenvalue weighted by atomic mass is 10.1. The first-order valence-electron chi connectivity index (χ1n) is 10.9. The van der Waals surface area contributed by atoms with E-state index in [0.29, 0.717) is 28.5 Å². The second-order valence-corrected chi connectivity index (χ2v) is 8.14. The normalized spacial score (nSPS) is 14.5. The Morgan fingerprint density at radius 3 is 2.88 bits per heavy atom. The van der Waals surface area contributed by atoms with Crippen molar-refractivity contribution in [3.63, 3.8) is 0 Å². The van der Waals surface area contributed by atoms with Crippen LogP contribution in [0.25, 0.3) is 22.6 Å². The van der Waals surface area contributed by atoms with E-state index in [1.165, 1.54) is 5.56 Å². The Morgan fingerprint density at radius 2 is 2.06 bits per heavy atom. The lowest BCUT2D eigenvalue weighted by molar-refractivity contribution is 0.0342. The van der Waals surface area contributed by atoms with Gasteiger partial charge in [-0.25, -0.2) is 4.98 Å². The van der Waals surface area contributed by atoms with Crippen LogP contribution in [0.15, 0.2) is 42.6 Å². The monoisotopic (exact) mass is 446 g/mol. The van der Waals surface area contributed by atoms with E-state index in [1.54, 1.807) is 19.4 Å². The van der Waals surface area contributed by atoms with Gasteiger partial charge in [0.15, 0.2) is 5.82 Å². The lowest BCUT2D eigenvalue weighted by Gasteiger charge is -2.26. The molecule has 2 aromatic carbocycles. The molecule has 33 heavy (non-hydrogen) atoms. The van der Waals surface area contributed by atoms with Gasteiger partial charge in [0.1, 0.15) is 11.4 Å². The highest BCUT2D eigenvalue weighted by Gasteiger charge is 2.18. The fourth-order valence-electron chi connectivity index (χ4n) is 4.03. The van der Waals surface area contributed by atoms with Gasteiger partial charge in [0.05, 0.1) is 48.8 Å². The summed E-state index contributed by atoms with van der Waals surface area (Å²) in [5.74, 6) is 0.852. The van der Waals surface area contributed by atoms with Crippen molar-refractivity contribution in [2.75, 3.05) is 38.7 Å². The van der Waals surface area contributed by atoms with Crippen LogP contribution >= 0.6 is 0 Å². The van der Waals surface area contributed by atoms with Crippen LogP contribution in [0, 0.1) is 6.92 Å². The Morgan fingerprint density at radius 1 is 1.21 bits per heavy atom. The molecule has 0 atom stereocenters. The minimum Gasteiger partial charge on any atom is -0.496 e. The predicted octanol–water partition coefficient (Wildman–Crippen LogP) is 3.35. The number of carbonyl (C=O) groups is 1. The molecule has 0 unspecified atom stereocenters. The minimum atomic E-state index is -0.279. The summed E-state index contributed by atoms with van der Waals surface area (Å²) < 4.78 is 10.8. The van der Waals surface area contributed by atoms with Gasteiger partial charge in [-0.15, -0.1) is 0 Å². The zero-order chi connectivity index (χ0) is 22.8. The van der Waals surface area contributed by atoms with E-state index < -0.39 is 0 Å². The number of hydrogen-bond acceptors (Lipinski definition) is 6. The average Bonchev–Trinajstić information content (AvgIpc) is 3.45. The maximum Gasteiger partial charge on any atom is 0.259 e. The number of fused-ring (bicyclic) bond motifs is 1. The van der Waals surface area contributed by atoms with Gasteiger partial charge in [0, 0.05) is 19.6 Å². The Balaban J connectivity index is 1.38. The van der Waals surface area contributed by atoms with E-state index in [0.717, 1.165) is 49.4 Å². The van der Waals surface area contributed by atoms with Crippen molar-refractivity contribution in [3.8, 4) is 17.3 Å². The van der Waals surface area contributed by atoms with Gasteiger partial charge in [0.2, 0.25) is 0 Å². The van der Waals surface area contributed by atoms with E-state index in [4.69, 9.17) is 14.5 Å². The second kappa shape index (κ2) is 9.05. The van der Waals surface area contributed by atoms with E-state index in [9.17, 15) is 4.79 Å². The van der Waals surface area contributed by atoms with Crippen LogP contribution in [0.1, 0.15) is 21.5 Å². The van der Waals surface area contributed by atoms with Gasteiger partial charge in [0.25, 0.3) is 5.91 Å². The van der Waals surface area contributed by atoms with Crippen molar-refractivity contribution >= 4 is 22.6 Å². The molecule has 9 heteroatoms. The van der Waals surface area contributed by atoms with Crippen LogP contribution < -0.4 is 10.1 Å². The summed E-state index contributed by atoms with van der Waals surface area (Å²) in [5, 5.41) is 9.98. The summed E-state index contributed by atoms with van der Waals surface area (Å²) in [5.41, 5.74) is 5.61. The maximum absolute atomic E-state index is 12.9. The van der Waals surface area contributed by atoms with Crippen molar-refractivity contribution in [2.45, 2.75) is 13.5 Å². The van der Waals surface area contributed by atoms with Crippen LogP contribution in [0.3, 0.4) is 0 Å². The number of rotatable bonds is 6. The van der Waals surface area contributed by atoms with Gasteiger partial charge in [-0.2, -0.15) is 5.10 Å². The van der Waals surface area contributed by atoms with Gasteiger partial charge in [-0.1, -0.05) is 12.1 Å². The number of hydrogen-bond donors (Lipinski definition) is 3. The largest absolute Gasteiger partial charge is 0.496 e. The Labute approximate surface area is 191 Å². The molecule has 1 aliphatic heterocycles. The van der Waals surface area contributed by atoms with Crippen LogP contribution in [0.4, 0.5) is 5.69 Å². The number of aryl methyl sites for hydroxylation is 1. The van der Waals surface area contributed by atoms with Gasteiger partial charge >= 0.3 is 0 Å². The van der Waals surface area contributed by atoms with Crippen LogP contribution in [0.5, 0.6) is 5.75 Å². The first-order chi connectivity index (χ1) is 16.1. The average molecular weight is 447 g/mol. The first kappa shape index (κ1) is 21.2. The molecule has 170 valence electrons. The Kier molecular flexibility index (Phi) is 5.80. The molecular formula is C24H26N6O3. The number of anilines is 1. The molecule has 0 bridgehead atoms. The van der Waals surface area contributed by atoms with Gasteiger partial charge in [-0.05, 0) is 42.3 Å². The zero-order valence-electron chi connectivity index (χ0n) is 18.6. The third kappa shape index (κ3) is 4.46. The number of morpholine rings is 1. The number of imidazole rings is 1. The van der Waals surface area contributed by atoms with Gasteiger partial charge < -0.3 is 19.8 Å². The van der Waals surface area contributed by atoms with Crippen LogP contribution in [-0.4, -0.2) is 64.4 Å². The molecule has 0 radical (unpaired) electrons. The smallest absolute Gasteiger partial charge is 0.259 e. The number of aromatic amines is 2. The number of amides is 1. The molecule has 1 amide bonds. The highest BCUT2D eigenvalue weighted by Crippen LogP contribution is 2.28. The maximum atomic E-state index is 12.9. The minimum absolute atomic E-state index is 0.279. The van der Waals surface area contributed by atoms with E-state index in [1.807, 2.05) is 25.1 Å². The number of ether oxygens (including phenoxy) is 2. The molecule has 0 aliphatic carbocycles. The molecule has 1 fully saturated rings. The van der Waals surface area contributed by atoms with Crippen molar-refractivity contribution in [1.29, 1.82) is 0 Å². The molecule has 0 saturated carbocycles. The third-order valence-corrected chi connectivity index (χ3v) is 5.78. The van der Waals surface area contributed by atoms with Gasteiger partial charge in [-0.3, -0.25) is 14.8 Å². The molecule has 4 aromatic rings. The van der Waals surface area contributed by atoms with Crippen LogP contribution in [0.2, 0.25) is 0 Å². The standard InChI is InChI=1S/C24H26N6O3/c1-15-3-5-17(21(11-15)32-2)24(31)28-20-13-25-29-22(20)23-26-18-6-4-16(12-19(18)27-23)14-30-7-9-33-10-8-30/h3-6,11-13H,7-10,14H2,1-2H3,(H,25,29)(H,26,27)(H,28,31). The summed E-state index contributed by atoms with van der Waals surface area (Å²) in [4.78, 5) is 23.3. The number of H-pyrrole nitrogens is 2. The number of aromatic nitrogens is 4. The lowest BCUT2D eigenvalue weighted by Crippen LogP contribution is -2.35. The number of nitrogens with zero attached hydrogens (tertiary/aromatic N) is 3. The Hall–Kier alpha value is -3.69. The number of carbonyl (C=O) groups excluding carboxylic acids is 1. The van der Waals surface area contributed by atoms with Crippen LogP contribution in [-0.2, 0) is 11.3 Å². The molecular weight excluding hydrogens is 420 g/mol. The zero-order valence-corrected chi connectivity index (χ0v) is 18.6. The molecule has 3 heterocycles. The van der Waals surface area contributed by atoms with Crippen molar-refractivity contribution in [1.82, 2.24) is 25.1 Å². The highest BCUT2D eigenvalue weighted by molar-refractivity contribution is 6.07. The molecule has 3 N–H and O–H groups in total. The molecule has 2 aromatic heterocycles. The van der Waals surface area contributed by atoms with Crippen molar-refractivity contribution in [2.24, 2.45) is 0 Å². The summed E-state index contributed by atoms with van der Waals surface area (Å²) in [7, 11) is 1.55. The molecule has 1 saturated heterocycles. The van der Waals surface area contributed by atoms with E-state index in [2.05, 4.69) is 37.5 Å². The Bertz CT molecular complexity index is 1290. The number of nitrogens with one attached hydrogen (secondary N) is 3. The summed E-state index contributed by atoms with van der Waals surface area (Å²) in [6.45, 7) is 6.26. The first-order valence-corrected chi connectivity index (χ1v) is 10.9. The van der Waals surface area contributed by atoms with Crippen molar-refractivity contribution < 1.29 is 14.3 Å². The highest BCUT2D eigenvalue weighted by atomic mass is 16.5. The summed E-state index contributed by atoms with van der Waals surface area (Å²) in [6.07, 6.45) is 1.57. The quantitative estimate of drug-likeness (QED) is 0.419. The molecule has 1 aliphatic rings. The second-order valence-electron chi connectivity index (χ2n) is 8.14. The fourth-order valence-corrected chi connectivity index (χ4v) is 4.03. The number of methoxy groups -OCH3 is 1. The van der Waals surface area contributed by atoms with Crippen molar-refractivity contribution in [3.05, 3.63) is 59.3 Å². The summed E-state index contributed by atoms with van der Waals surface area (Å²) >= 11 is 0. The molecule has 9 nitrogen and oxygen atoms in total.